The number of nitrogens with zero attached hydrogens (tertiary/aromatic N) is 1. The van der Waals surface area contributed by atoms with E-state index < -0.39 is 0 Å². The molecule has 0 aliphatic carbocycles. The van der Waals surface area contributed by atoms with Crippen LogP contribution in [0.25, 0.3) is 0 Å². The Morgan fingerprint density at radius 3 is 2.84 bits per heavy atom. The van der Waals surface area contributed by atoms with Crippen molar-refractivity contribution >= 4 is 17.3 Å². The van der Waals surface area contributed by atoms with E-state index in [0.29, 0.717) is 0 Å². The molecule has 0 spiro atoms. The Morgan fingerprint density at radius 2 is 2.16 bits per heavy atom. The number of halogens is 1. The summed E-state index contributed by atoms with van der Waals surface area (Å²) in [6.07, 6.45) is 5.30. The summed E-state index contributed by atoms with van der Waals surface area (Å²) in [6.45, 7) is 5.47. The third-order valence-corrected chi connectivity index (χ3v) is 4.55. The van der Waals surface area contributed by atoms with Crippen molar-refractivity contribution in [3.63, 3.8) is 0 Å². The van der Waals surface area contributed by atoms with Crippen molar-refractivity contribution < 1.29 is 0 Å². The van der Waals surface area contributed by atoms with Gasteiger partial charge in [-0.05, 0) is 49.9 Å². The zero-order chi connectivity index (χ0) is 13.7. The summed E-state index contributed by atoms with van der Waals surface area (Å²) in [6, 6.07) is 6.49. The van der Waals surface area contributed by atoms with Crippen LogP contribution in [-0.2, 0) is 6.54 Å². The quantitative estimate of drug-likeness (QED) is 0.894. The molecule has 1 aliphatic rings. The summed E-state index contributed by atoms with van der Waals surface area (Å²) in [4.78, 5) is 2.49. The molecule has 0 saturated carbocycles. The van der Waals surface area contributed by atoms with Crippen molar-refractivity contribution in [3.05, 3.63) is 28.8 Å². The molecule has 1 unspecified atom stereocenters. The fourth-order valence-electron chi connectivity index (χ4n) is 2.90. The van der Waals surface area contributed by atoms with Gasteiger partial charge in [0.25, 0.3) is 0 Å². The van der Waals surface area contributed by atoms with Gasteiger partial charge in [-0.25, -0.2) is 0 Å². The second-order valence-corrected chi connectivity index (χ2v) is 5.91. The number of hydrogen-bond acceptors (Lipinski definition) is 2. The van der Waals surface area contributed by atoms with Crippen LogP contribution in [0.15, 0.2) is 18.2 Å². The molecule has 1 atom stereocenters. The summed E-state index contributed by atoms with van der Waals surface area (Å²) < 4.78 is 0. The maximum atomic E-state index is 6.36. The normalized spacial score (nSPS) is 20.4. The minimum atomic E-state index is 0.830. The van der Waals surface area contributed by atoms with Crippen LogP contribution >= 0.6 is 11.6 Å². The highest BCUT2D eigenvalue weighted by Gasteiger charge is 2.16. The average molecular weight is 281 g/mol. The first kappa shape index (κ1) is 14.7. The van der Waals surface area contributed by atoms with Crippen LogP contribution in [0.1, 0.15) is 38.2 Å². The molecule has 1 aromatic carbocycles. The highest BCUT2D eigenvalue weighted by atomic mass is 35.5. The summed E-state index contributed by atoms with van der Waals surface area (Å²) in [5.74, 6) is 0.907. The lowest BCUT2D eigenvalue weighted by Crippen LogP contribution is -2.24. The van der Waals surface area contributed by atoms with Crippen LogP contribution in [0.5, 0.6) is 0 Å². The molecule has 19 heavy (non-hydrogen) atoms. The predicted molar refractivity (Wildman–Crippen MR) is 84.1 cm³/mol. The predicted octanol–water partition coefficient (Wildman–Crippen LogP) is 4.08. The van der Waals surface area contributed by atoms with E-state index in [4.69, 9.17) is 11.6 Å². The largest absolute Gasteiger partial charge is 0.371 e. The SMILES string of the molecule is CCC1CCCN(c2ccc(CNC)c(Cl)c2)CC1. The van der Waals surface area contributed by atoms with Crippen LogP contribution in [0.3, 0.4) is 0 Å². The van der Waals surface area contributed by atoms with Gasteiger partial charge in [0.1, 0.15) is 0 Å². The van der Waals surface area contributed by atoms with Gasteiger partial charge in [0.15, 0.2) is 0 Å². The van der Waals surface area contributed by atoms with Gasteiger partial charge in [-0.3, -0.25) is 0 Å². The van der Waals surface area contributed by atoms with Crippen molar-refractivity contribution in [1.29, 1.82) is 0 Å². The molecule has 106 valence electrons. The van der Waals surface area contributed by atoms with E-state index in [9.17, 15) is 0 Å². The molecule has 0 amide bonds. The topological polar surface area (TPSA) is 15.3 Å². The Morgan fingerprint density at radius 1 is 1.32 bits per heavy atom. The molecule has 0 bridgehead atoms. The van der Waals surface area contributed by atoms with Crippen molar-refractivity contribution in [2.75, 3.05) is 25.0 Å². The Labute approximate surface area is 122 Å². The zero-order valence-electron chi connectivity index (χ0n) is 12.1. The van der Waals surface area contributed by atoms with E-state index in [1.54, 1.807) is 0 Å². The Hall–Kier alpha value is -0.730. The van der Waals surface area contributed by atoms with Crippen molar-refractivity contribution in [1.82, 2.24) is 5.32 Å². The van der Waals surface area contributed by atoms with Gasteiger partial charge in [0.2, 0.25) is 0 Å². The van der Waals surface area contributed by atoms with Gasteiger partial charge >= 0.3 is 0 Å². The van der Waals surface area contributed by atoms with Gasteiger partial charge in [0.05, 0.1) is 0 Å². The highest BCUT2D eigenvalue weighted by molar-refractivity contribution is 6.31. The van der Waals surface area contributed by atoms with Gasteiger partial charge in [0, 0.05) is 30.3 Å². The molecule has 1 aliphatic heterocycles. The van der Waals surface area contributed by atoms with Crippen LogP contribution < -0.4 is 10.2 Å². The van der Waals surface area contributed by atoms with Gasteiger partial charge in [-0.15, -0.1) is 0 Å². The molecule has 1 heterocycles. The van der Waals surface area contributed by atoms with Gasteiger partial charge in [-0.2, -0.15) is 0 Å². The number of nitrogens with one attached hydrogen (secondary N) is 1. The van der Waals surface area contributed by atoms with Crippen LogP contribution in [0.2, 0.25) is 5.02 Å². The molecule has 1 fully saturated rings. The Balaban J connectivity index is 2.07. The second kappa shape index (κ2) is 7.16. The second-order valence-electron chi connectivity index (χ2n) is 5.50. The Bertz CT molecular complexity index is 406. The summed E-state index contributed by atoms with van der Waals surface area (Å²) in [7, 11) is 1.95. The maximum absolute atomic E-state index is 6.36. The monoisotopic (exact) mass is 280 g/mol. The maximum Gasteiger partial charge on any atom is 0.0471 e. The molecule has 1 N–H and O–H groups in total. The minimum absolute atomic E-state index is 0.830. The fourth-order valence-corrected chi connectivity index (χ4v) is 3.14. The average Bonchev–Trinajstić information content (AvgIpc) is 2.66. The lowest BCUT2D eigenvalue weighted by Gasteiger charge is -2.23. The molecule has 3 heteroatoms. The molecule has 1 aromatic rings. The number of hydrogen-bond donors (Lipinski definition) is 1. The molecular formula is C16H25ClN2. The van der Waals surface area contributed by atoms with Gasteiger partial charge in [-0.1, -0.05) is 31.0 Å². The molecular weight excluding hydrogens is 256 g/mol. The highest BCUT2D eigenvalue weighted by Crippen LogP contribution is 2.27. The fraction of sp³-hybridized carbons (Fsp3) is 0.625. The van der Waals surface area contributed by atoms with Gasteiger partial charge < -0.3 is 10.2 Å². The Kier molecular flexibility index (Phi) is 5.53. The molecule has 0 radical (unpaired) electrons. The molecule has 1 saturated heterocycles. The summed E-state index contributed by atoms with van der Waals surface area (Å²) in [5.41, 5.74) is 2.45. The minimum Gasteiger partial charge on any atom is -0.371 e. The number of benzene rings is 1. The lowest BCUT2D eigenvalue weighted by atomic mass is 9.98. The van der Waals surface area contributed by atoms with E-state index in [1.165, 1.54) is 43.5 Å². The summed E-state index contributed by atoms with van der Waals surface area (Å²) >= 11 is 6.36. The first-order valence-corrected chi connectivity index (χ1v) is 7.80. The van der Waals surface area contributed by atoms with Crippen LogP contribution in [-0.4, -0.2) is 20.1 Å². The first-order chi connectivity index (χ1) is 9.24. The first-order valence-electron chi connectivity index (χ1n) is 7.42. The smallest absolute Gasteiger partial charge is 0.0471 e. The van der Waals surface area contributed by atoms with Crippen LogP contribution in [0, 0.1) is 5.92 Å². The molecule has 2 nitrogen and oxygen atoms in total. The van der Waals surface area contributed by atoms with Crippen molar-refractivity contribution in [3.8, 4) is 0 Å². The van der Waals surface area contributed by atoms with Crippen molar-refractivity contribution in [2.45, 2.75) is 39.2 Å². The standard InChI is InChI=1S/C16H25ClN2/c1-3-13-5-4-9-19(10-8-13)15-7-6-14(12-18-2)16(17)11-15/h6-7,11,13,18H,3-5,8-10,12H2,1-2H3. The zero-order valence-corrected chi connectivity index (χ0v) is 12.8. The van der Waals surface area contributed by atoms with E-state index in [1.807, 2.05) is 7.05 Å². The number of rotatable bonds is 4. The van der Waals surface area contributed by atoms with E-state index >= 15 is 0 Å². The number of anilines is 1. The molecule has 2 rings (SSSR count). The van der Waals surface area contributed by atoms with E-state index in [2.05, 4.69) is 35.3 Å². The third-order valence-electron chi connectivity index (χ3n) is 4.19. The van der Waals surface area contributed by atoms with Crippen LogP contribution in [0.4, 0.5) is 5.69 Å². The third kappa shape index (κ3) is 3.87. The lowest BCUT2D eigenvalue weighted by molar-refractivity contribution is 0.459. The van der Waals surface area contributed by atoms with E-state index in [0.717, 1.165) is 24.0 Å². The summed E-state index contributed by atoms with van der Waals surface area (Å²) in [5, 5.41) is 4.03. The van der Waals surface area contributed by atoms with E-state index in [-0.39, 0.29) is 0 Å². The van der Waals surface area contributed by atoms with Crippen molar-refractivity contribution in [2.24, 2.45) is 5.92 Å². The molecule has 0 aromatic heterocycles.